The number of esters is 2. The van der Waals surface area contributed by atoms with Crippen LogP contribution < -0.4 is 0 Å². The minimum Gasteiger partial charge on any atom is -0.462 e. The van der Waals surface area contributed by atoms with E-state index in [2.05, 4.69) is 54.8 Å². The molecular formula is C41H75O10P. The van der Waals surface area contributed by atoms with Crippen molar-refractivity contribution in [2.24, 2.45) is 0 Å². The van der Waals surface area contributed by atoms with Crippen LogP contribution in [0.2, 0.25) is 0 Å². The number of hydrogen-bond acceptors (Lipinski definition) is 9. The number of carbonyl (C=O) groups excluding carboxylic acids is 2. The Balaban J connectivity index is 4.32. The first-order valence-corrected chi connectivity index (χ1v) is 21.9. The lowest BCUT2D eigenvalue weighted by Gasteiger charge is -2.20. The average molecular weight is 759 g/mol. The van der Waals surface area contributed by atoms with E-state index in [9.17, 15) is 24.2 Å². The summed E-state index contributed by atoms with van der Waals surface area (Å²) >= 11 is 0. The molecule has 3 N–H and O–H groups in total. The Kier molecular flexibility index (Phi) is 36.2. The van der Waals surface area contributed by atoms with Crippen LogP contribution in [0.5, 0.6) is 0 Å². The maximum atomic E-state index is 12.6. The second kappa shape index (κ2) is 37.5. The van der Waals surface area contributed by atoms with Crippen LogP contribution in [0.3, 0.4) is 0 Å². The zero-order chi connectivity index (χ0) is 38.4. The monoisotopic (exact) mass is 759 g/mol. The fraction of sp³-hybridized carbons (Fsp3) is 0.805. The van der Waals surface area contributed by atoms with Gasteiger partial charge in [0.2, 0.25) is 0 Å². The number of unbranched alkanes of at least 4 members (excludes halogenated alkanes) is 18. The van der Waals surface area contributed by atoms with Gasteiger partial charge in [-0.15, -0.1) is 0 Å². The van der Waals surface area contributed by atoms with Crippen molar-refractivity contribution in [3.63, 3.8) is 0 Å². The van der Waals surface area contributed by atoms with E-state index in [1.165, 1.54) is 64.2 Å². The Morgan fingerprint density at radius 2 is 1.00 bits per heavy atom. The van der Waals surface area contributed by atoms with Crippen LogP contribution in [0.4, 0.5) is 0 Å². The highest BCUT2D eigenvalue weighted by molar-refractivity contribution is 7.47. The normalized spacial score (nSPS) is 14.3. The molecule has 0 saturated carbocycles. The van der Waals surface area contributed by atoms with E-state index in [0.717, 1.165) is 70.6 Å². The number of aliphatic hydroxyl groups excluding tert-OH is 2. The van der Waals surface area contributed by atoms with E-state index in [1.807, 2.05) is 0 Å². The summed E-state index contributed by atoms with van der Waals surface area (Å²) in [5, 5.41) is 18.3. The number of aliphatic hydroxyl groups is 2. The lowest BCUT2D eigenvalue weighted by Crippen LogP contribution is -2.29. The molecule has 0 aromatic rings. The number of carbonyl (C=O) groups is 2. The summed E-state index contributed by atoms with van der Waals surface area (Å²) < 4.78 is 32.6. The van der Waals surface area contributed by atoms with Crippen molar-refractivity contribution in [1.82, 2.24) is 0 Å². The van der Waals surface area contributed by atoms with Gasteiger partial charge in [0.25, 0.3) is 0 Å². The number of phosphoric acid groups is 1. The van der Waals surface area contributed by atoms with Crippen LogP contribution in [0, 0.1) is 0 Å². The molecule has 3 unspecified atom stereocenters. The van der Waals surface area contributed by atoms with Gasteiger partial charge in [0.15, 0.2) is 6.10 Å². The SMILES string of the molecule is CCCCC/C=C\C/C=C\C/C=C\CCCCCCCCC(=O)OC(COC(=O)CCCCCCCCCCCC)COP(=O)(O)OCC(O)CO. The van der Waals surface area contributed by atoms with Gasteiger partial charge in [0.05, 0.1) is 19.8 Å². The zero-order valence-electron chi connectivity index (χ0n) is 32.8. The summed E-state index contributed by atoms with van der Waals surface area (Å²) in [5.74, 6) is -0.940. The van der Waals surface area contributed by atoms with Gasteiger partial charge < -0.3 is 24.6 Å². The van der Waals surface area contributed by atoms with Crippen molar-refractivity contribution in [2.45, 2.75) is 187 Å². The van der Waals surface area contributed by atoms with Gasteiger partial charge in [-0.25, -0.2) is 4.57 Å². The van der Waals surface area contributed by atoms with Gasteiger partial charge in [0, 0.05) is 12.8 Å². The second-order valence-corrected chi connectivity index (χ2v) is 15.1. The molecule has 0 spiro atoms. The smallest absolute Gasteiger partial charge is 0.462 e. The maximum Gasteiger partial charge on any atom is 0.472 e. The molecule has 304 valence electrons. The van der Waals surface area contributed by atoms with E-state index < -0.39 is 51.8 Å². The molecule has 0 radical (unpaired) electrons. The van der Waals surface area contributed by atoms with Gasteiger partial charge in [-0.05, 0) is 51.4 Å². The molecule has 11 heteroatoms. The number of rotatable bonds is 38. The molecule has 0 rings (SSSR count). The van der Waals surface area contributed by atoms with E-state index >= 15 is 0 Å². The van der Waals surface area contributed by atoms with E-state index in [4.69, 9.17) is 19.1 Å². The van der Waals surface area contributed by atoms with Crippen LogP contribution in [-0.2, 0) is 32.7 Å². The molecule has 10 nitrogen and oxygen atoms in total. The largest absolute Gasteiger partial charge is 0.472 e. The molecule has 0 aliphatic rings. The standard InChI is InChI=1S/C41H75O10P/c1-3-5-7-9-11-13-15-16-17-18-19-20-21-22-23-25-27-29-31-33-41(45)51-39(37-50-52(46,47)49-35-38(43)34-42)36-48-40(44)32-30-28-26-24-14-12-10-8-6-4-2/h11,13,16-17,19-20,38-39,42-43H,3-10,12,14-15,18,21-37H2,1-2H3,(H,46,47)/b13-11-,17-16-,20-19-. The Bertz CT molecular complexity index is 967. The van der Waals surface area contributed by atoms with Crippen LogP contribution in [0.15, 0.2) is 36.5 Å². The Labute approximate surface area is 316 Å². The summed E-state index contributed by atoms with van der Waals surface area (Å²) in [6, 6.07) is 0. The number of allylic oxidation sites excluding steroid dienone is 6. The third-order valence-electron chi connectivity index (χ3n) is 8.55. The molecule has 0 aromatic heterocycles. The maximum absolute atomic E-state index is 12.6. The van der Waals surface area contributed by atoms with Crippen LogP contribution in [0.1, 0.15) is 174 Å². The molecule has 0 heterocycles. The van der Waals surface area contributed by atoms with Crippen molar-refractivity contribution in [1.29, 1.82) is 0 Å². The predicted molar refractivity (Wildman–Crippen MR) is 210 cm³/mol. The van der Waals surface area contributed by atoms with Gasteiger partial charge >= 0.3 is 19.8 Å². The third kappa shape index (κ3) is 36.5. The Morgan fingerprint density at radius 1 is 0.577 bits per heavy atom. The number of ether oxygens (including phenoxy) is 2. The highest BCUT2D eigenvalue weighted by atomic mass is 31.2. The van der Waals surface area contributed by atoms with E-state index in [0.29, 0.717) is 12.8 Å². The Hall–Kier alpha value is -1.81. The first-order chi connectivity index (χ1) is 25.2. The van der Waals surface area contributed by atoms with Gasteiger partial charge in [-0.2, -0.15) is 0 Å². The molecule has 0 amide bonds. The predicted octanol–water partition coefficient (Wildman–Crippen LogP) is 10.4. The second-order valence-electron chi connectivity index (χ2n) is 13.7. The molecule has 52 heavy (non-hydrogen) atoms. The third-order valence-corrected chi connectivity index (χ3v) is 9.50. The lowest BCUT2D eigenvalue weighted by molar-refractivity contribution is -0.161. The summed E-state index contributed by atoms with van der Waals surface area (Å²) in [7, 11) is -4.61. The van der Waals surface area contributed by atoms with Crippen LogP contribution >= 0.6 is 7.82 Å². The Morgan fingerprint density at radius 3 is 1.54 bits per heavy atom. The fourth-order valence-electron chi connectivity index (χ4n) is 5.35. The summed E-state index contributed by atoms with van der Waals surface area (Å²) in [4.78, 5) is 34.8. The van der Waals surface area contributed by atoms with E-state index in [1.54, 1.807) is 0 Å². The van der Waals surface area contributed by atoms with Crippen molar-refractivity contribution in [2.75, 3.05) is 26.4 Å². The van der Waals surface area contributed by atoms with Crippen molar-refractivity contribution in [3.05, 3.63) is 36.5 Å². The summed E-state index contributed by atoms with van der Waals surface area (Å²) in [6.45, 7) is 2.31. The van der Waals surface area contributed by atoms with Crippen molar-refractivity contribution in [3.8, 4) is 0 Å². The van der Waals surface area contributed by atoms with Gasteiger partial charge in [-0.3, -0.25) is 18.6 Å². The summed E-state index contributed by atoms with van der Waals surface area (Å²) in [6.07, 6.45) is 36.8. The number of hydrogen-bond donors (Lipinski definition) is 3. The first-order valence-electron chi connectivity index (χ1n) is 20.4. The highest BCUT2D eigenvalue weighted by Gasteiger charge is 2.27. The molecule has 0 aliphatic carbocycles. The topological polar surface area (TPSA) is 149 Å². The van der Waals surface area contributed by atoms with Crippen LogP contribution in [0.25, 0.3) is 0 Å². The lowest BCUT2D eigenvalue weighted by atomic mass is 10.1. The zero-order valence-corrected chi connectivity index (χ0v) is 33.7. The minimum absolute atomic E-state index is 0.171. The minimum atomic E-state index is -4.61. The van der Waals surface area contributed by atoms with Gasteiger partial charge in [0.1, 0.15) is 12.7 Å². The average Bonchev–Trinajstić information content (AvgIpc) is 3.13. The fourth-order valence-corrected chi connectivity index (χ4v) is 6.14. The molecular weight excluding hydrogens is 683 g/mol. The quantitative estimate of drug-likeness (QED) is 0.0240. The molecule has 0 bridgehead atoms. The van der Waals surface area contributed by atoms with Crippen LogP contribution in [-0.4, -0.2) is 65.7 Å². The molecule has 0 aliphatic heterocycles. The van der Waals surface area contributed by atoms with Gasteiger partial charge in [-0.1, -0.05) is 147 Å². The van der Waals surface area contributed by atoms with E-state index in [-0.39, 0.29) is 19.4 Å². The molecule has 3 atom stereocenters. The molecule has 0 fully saturated rings. The molecule has 0 saturated heterocycles. The van der Waals surface area contributed by atoms with Crippen molar-refractivity contribution >= 4 is 19.8 Å². The summed E-state index contributed by atoms with van der Waals surface area (Å²) in [5.41, 5.74) is 0. The number of phosphoric ester groups is 1. The molecule has 0 aromatic carbocycles. The van der Waals surface area contributed by atoms with Crippen molar-refractivity contribution < 1.29 is 47.8 Å². The first kappa shape index (κ1) is 50.2. The highest BCUT2D eigenvalue weighted by Crippen LogP contribution is 2.43.